The van der Waals surface area contributed by atoms with Crippen LogP contribution in [0.15, 0.2) is 0 Å². The van der Waals surface area contributed by atoms with Gasteiger partial charge in [-0.3, -0.25) is 4.79 Å². The normalized spacial score (nSPS) is 30.5. The topological polar surface area (TPSA) is 60.4 Å². The van der Waals surface area contributed by atoms with Crippen LogP contribution in [0.3, 0.4) is 0 Å². The van der Waals surface area contributed by atoms with Gasteiger partial charge in [0.25, 0.3) is 0 Å². The number of ether oxygens (including phenoxy) is 1. The molecule has 1 fully saturated rings. The summed E-state index contributed by atoms with van der Waals surface area (Å²) in [6.45, 7) is 5.23. The van der Waals surface area contributed by atoms with E-state index in [1.54, 1.807) is 20.8 Å². The summed E-state index contributed by atoms with van der Waals surface area (Å²) >= 11 is 0. The third kappa shape index (κ3) is 1.97. The molecule has 1 heterocycles. The van der Waals surface area contributed by atoms with Crippen LogP contribution in [-0.2, 0) is 19.4 Å². The third-order valence-electron chi connectivity index (χ3n) is 3.42. The Morgan fingerprint density at radius 3 is 2.12 bits per heavy atom. The van der Waals surface area contributed by atoms with E-state index in [2.05, 4.69) is 0 Å². The van der Waals surface area contributed by atoms with Gasteiger partial charge < -0.3 is 9.22 Å². The van der Waals surface area contributed by atoms with E-state index in [-0.39, 0.29) is 12.6 Å². The lowest BCUT2D eigenvalue weighted by Gasteiger charge is -2.53. The van der Waals surface area contributed by atoms with E-state index in [1.807, 2.05) is 21.1 Å². The van der Waals surface area contributed by atoms with Gasteiger partial charge in [0.2, 0.25) is 5.25 Å². The molecule has 17 heavy (non-hydrogen) atoms. The Hall–Kier alpha value is -0.620. The van der Waals surface area contributed by atoms with Gasteiger partial charge in [-0.1, -0.05) is 0 Å². The average molecular weight is 264 g/mol. The van der Waals surface area contributed by atoms with Crippen molar-refractivity contribution in [1.29, 1.82) is 0 Å². The molecular weight excluding hydrogens is 242 g/mol. The number of sulfone groups is 1. The van der Waals surface area contributed by atoms with Crippen molar-refractivity contribution in [1.82, 2.24) is 0 Å². The van der Waals surface area contributed by atoms with Gasteiger partial charge in [0.15, 0.2) is 9.84 Å². The number of carbonyl (C=O) groups is 1. The highest BCUT2D eigenvalue weighted by atomic mass is 32.2. The van der Waals surface area contributed by atoms with Crippen LogP contribution < -0.4 is 0 Å². The summed E-state index contributed by atoms with van der Waals surface area (Å²) in [7, 11) is 2.24. The molecule has 0 aromatic heterocycles. The lowest BCUT2D eigenvalue weighted by Crippen LogP contribution is -2.78. The summed E-state index contributed by atoms with van der Waals surface area (Å²) in [5.74, 6) is -0.620. The van der Waals surface area contributed by atoms with Crippen molar-refractivity contribution >= 4 is 15.8 Å². The number of quaternary nitrogens is 1. The van der Waals surface area contributed by atoms with Crippen molar-refractivity contribution in [3.05, 3.63) is 0 Å². The fourth-order valence-electron chi connectivity index (χ4n) is 2.78. The zero-order valence-electron chi connectivity index (χ0n) is 11.4. The highest BCUT2D eigenvalue weighted by molar-refractivity contribution is 7.95. The quantitative estimate of drug-likeness (QED) is 0.540. The van der Waals surface area contributed by atoms with Gasteiger partial charge in [0, 0.05) is 0 Å². The van der Waals surface area contributed by atoms with Gasteiger partial charge >= 0.3 is 5.97 Å². The van der Waals surface area contributed by atoms with E-state index in [9.17, 15) is 13.2 Å². The van der Waals surface area contributed by atoms with Gasteiger partial charge in [-0.15, -0.1) is 0 Å². The minimum Gasteiger partial charge on any atom is -0.465 e. The standard InChI is InChI=1S/C11H22NO4S/c1-7-16-10(13)8-9(12(4,5)6)11(2,3)17(8,14)15/h8-9H,7H2,1-6H3/q+1. The fourth-order valence-corrected chi connectivity index (χ4v) is 5.36. The molecule has 1 rings (SSSR count). The lowest BCUT2D eigenvalue weighted by atomic mass is 9.94. The number of hydrogen-bond acceptors (Lipinski definition) is 4. The van der Waals surface area contributed by atoms with Crippen LogP contribution in [0, 0.1) is 0 Å². The predicted octanol–water partition coefficient (Wildman–Crippen LogP) is 0.200. The monoisotopic (exact) mass is 264 g/mol. The molecule has 0 saturated carbocycles. The molecule has 2 atom stereocenters. The van der Waals surface area contributed by atoms with Crippen molar-refractivity contribution in [2.24, 2.45) is 0 Å². The Bertz CT molecular complexity index is 419. The van der Waals surface area contributed by atoms with Crippen LogP contribution in [0.4, 0.5) is 0 Å². The number of carbonyl (C=O) groups excluding carboxylic acids is 1. The largest absolute Gasteiger partial charge is 0.465 e. The fraction of sp³-hybridized carbons (Fsp3) is 0.909. The number of hydrogen-bond donors (Lipinski definition) is 0. The highest BCUT2D eigenvalue weighted by Crippen LogP contribution is 2.45. The molecule has 1 aliphatic heterocycles. The summed E-state index contributed by atoms with van der Waals surface area (Å²) in [5.41, 5.74) is 0. The zero-order valence-corrected chi connectivity index (χ0v) is 12.2. The predicted molar refractivity (Wildman–Crippen MR) is 65.2 cm³/mol. The molecule has 0 amide bonds. The van der Waals surface area contributed by atoms with E-state index in [1.165, 1.54) is 0 Å². The Labute approximate surface area is 103 Å². The van der Waals surface area contributed by atoms with Crippen LogP contribution in [0.5, 0.6) is 0 Å². The van der Waals surface area contributed by atoms with E-state index in [0.29, 0.717) is 4.48 Å². The molecule has 1 saturated heterocycles. The summed E-state index contributed by atoms with van der Waals surface area (Å²) in [5, 5.41) is -1.03. The summed E-state index contributed by atoms with van der Waals surface area (Å²) < 4.78 is 28.7. The van der Waals surface area contributed by atoms with Gasteiger partial charge in [-0.2, -0.15) is 0 Å². The number of esters is 1. The molecule has 6 heteroatoms. The Kier molecular flexibility index (Phi) is 3.35. The van der Waals surface area contributed by atoms with E-state index in [0.717, 1.165) is 0 Å². The molecule has 0 radical (unpaired) electrons. The molecule has 5 nitrogen and oxygen atoms in total. The maximum atomic E-state index is 12.1. The third-order valence-corrected chi connectivity index (χ3v) is 6.25. The molecule has 0 bridgehead atoms. The van der Waals surface area contributed by atoms with Crippen molar-refractivity contribution in [2.45, 2.75) is 36.8 Å². The van der Waals surface area contributed by atoms with Gasteiger partial charge in [0.1, 0.15) is 10.8 Å². The number of nitrogens with zero attached hydrogens (tertiary/aromatic N) is 1. The minimum atomic E-state index is -3.44. The smallest absolute Gasteiger partial charge is 0.330 e. The average Bonchev–Trinajstić information content (AvgIpc) is 2.11. The van der Waals surface area contributed by atoms with Gasteiger partial charge in [0.05, 0.1) is 27.7 Å². The maximum absolute atomic E-state index is 12.1. The zero-order chi connectivity index (χ0) is 13.6. The summed E-state index contributed by atoms with van der Waals surface area (Å²) in [6.07, 6.45) is 0. The second-order valence-corrected chi connectivity index (χ2v) is 8.53. The lowest BCUT2D eigenvalue weighted by molar-refractivity contribution is -0.899. The van der Waals surface area contributed by atoms with Crippen molar-refractivity contribution < 1.29 is 22.4 Å². The second kappa shape index (κ2) is 3.95. The Morgan fingerprint density at radius 2 is 1.76 bits per heavy atom. The first kappa shape index (κ1) is 14.4. The highest BCUT2D eigenvalue weighted by Gasteiger charge is 2.71. The van der Waals surface area contributed by atoms with Crippen LogP contribution in [0.25, 0.3) is 0 Å². The Morgan fingerprint density at radius 1 is 1.29 bits per heavy atom. The van der Waals surface area contributed by atoms with Crippen LogP contribution >= 0.6 is 0 Å². The molecule has 100 valence electrons. The molecule has 1 aliphatic rings. The van der Waals surface area contributed by atoms with Crippen molar-refractivity contribution in [3.63, 3.8) is 0 Å². The molecular formula is C11H22NO4S+. The number of rotatable bonds is 3. The maximum Gasteiger partial charge on any atom is 0.330 e. The van der Waals surface area contributed by atoms with E-state index in [4.69, 9.17) is 4.74 Å². The summed E-state index contributed by atoms with van der Waals surface area (Å²) in [4.78, 5) is 11.8. The van der Waals surface area contributed by atoms with Crippen LogP contribution in [0.1, 0.15) is 20.8 Å². The molecule has 2 unspecified atom stereocenters. The summed E-state index contributed by atoms with van der Waals surface area (Å²) in [6, 6.07) is -0.272. The van der Waals surface area contributed by atoms with Crippen LogP contribution in [-0.4, -0.2) is 62.7 Å². The molecule has 0 aromatic rings. The second-order valence-electron chi connectivity index (χ2n) is 5.88. The molecule has 0 aliphatic carbocycles. The van der Waals surface area contributed by atoms with Crippen LogP contribution in [0.2, 0.25) is 0 Å². The van der Waals surface area contributed by atoms with Crippen molar-refractivity contribution in [3.8, 4) is 0 Å². The SMILES string of the molecule is CCOC(=O)C1C([N+](C)(C)C)C(C)(C)S1(=O)=O. The van der Waals surface area contributed by atoms with E-state index >= 15 is 0 Å². The molecule has 0 N–H and O–H groups in total. The van der Waals surface area contributed by atoms with E-state index < -0.39 is 25.8 Å². The first-order chi connectivity index (χ1) is 7.48. The first-order valence-corrected chi connectivity index (χ1v) is 7.23. The van der Waals surface area contributed by atoms with Crippen molar-refractivity contribution in [2.75, 3.05) is 27.7 Å². The first-order valence-electron chi connectivity index (χ1n) is 5.69. The molecule has 0 aromatic carbocycles. The van der Waals surface area contributed by atoms with Gasteiger partial charge in [-0.05, 0) is 20.8 Å². The van der Waals surface area contributed by atoms with Gasteiger partial charge in [-0.25, -0.2) is 8.42 Å². The molecule has 0 spiro atoms. The minimum absolute atomic E-state index is 0.204. The Balaban J connectivity index is 3.16.